The van der Waals surface area contributed by atoms with Crippen LogP contribution in [0.5, 0.6) is 5.88 Å². The van der Waals surface area contributed by atoms with Gasteiger partial charge >= 0.3 is 0 Å². The van der Waals surface area contributed by atoms with E-state index in [1.165, 1.54) is 12.8 Å². The SMILES string of the molecule is CCCC(C)COc1ncc(Br)cc1CNC(C)(C)C. The van der Waals surface area contributed by atoms with E-state index in [9.17, 15) is 0 Å². The first kappa shape index (κ1) is 17.4. The van der Waals surface area contributed by atoms with E-state index in [4.69, 9.17) is 4.74 Å². The van der Waals surface area contributed by atoms with Crippen LogP contribution in [0.4, 0.5) is 0 Å². The van der Waals surface area contributed by atoms with Crippen LogP contribution < -0.4 is 10.1 Å². The van der Waals surface area contributed by atoms with Crippen molar-refractivity contribution in [1.29, 1.82) is 0 Å². The number of hydrogen-bond acceptors (Lipinski definition) is 3. The molecule has 0 saturated heterocycles. The second-order valence-corrected chi connectivity index (χ2v) is 7.34. The summed E-state index contributed by atoms with van der Waals surface area (Å²) in [5.74, 6) is 1.31. The zero-order chi connectivity index (χ0) is 15.2. The first-order valence-corrected chi connectivity index (χ1v) is 8.13. The fraction of sp³-hybridized carbons (Fsp3) is 0.688. The van der Waals surface area contributed by atoms with Gasteiger partial charge in [-0.25, -0.2) is 4.98 Å². The van der Waals surface area contributed by atoms with Crippen LogP contribution in [0.2, 0.25) is 0 Å². The minimum Gasteiger partial charge on any atom is -0.477 e. The van der Waals surface area contributed by atoms with E-state index in [2.05, 4.69) is 66.9 Å². The number of ether oxygens (including phenoxy) is 1. The van der Waals surface area contributed by atoms with Crippen molar-refractivity contribution in [2.45, 2.75) is 59.5 Å². The lowest BCUT2D eigenvalue weighted by atomic mass is 10.1. The monoisotopic (exact) mass is 342 g/mol. The molecule has 1 rings (SSSR count). The van der Waals surface area contributed by atoms with E-state index in [0.29, 0.717) is 5.92 Å². The molecule has 4 heteroatoms. The van der Waals surface area contributed by atoms with Gasteiger partial charge in [0.15, 0.2) is 0 Å². The lowest BCUT2D eigenvalue weighted by molar-refractivity contribution is 0.239. The number of pyridine rings is 1. The molecule has 1 heterocycles. The first-order chi connectivity index (χ1) is 9.31. The Morgan fingerprint density at radius 2 is 2.10 bits per heavy atom. The van der Waals surface area contributed by atoms with Crippen LogP contribution in [-0.4, -0.2) is 17.1 Å². The van der Waals surface area contributed by atoms with Gasteiger partial charge in [0.05, 0.1) is 6.61 Å². The molecule has 0 aliphatic rings. The molecule has 0 fully saturated rings. The second-order valence-electron chi connectivity index (χ2n) is 6.43. The molecule has 3 nitrogen and oxygen atoms in total. The lowest BCUT2D eigenvalue weighted by Crippen LogP contribution is -2.35. The Hall–Kier alpha value is -0.610. The molecule has 114 valence electrons. The molecule has 0 aromatic carbocycles. The highest BCUT2D eigenvalue weighted by atomic mass is 79.9. The lowest BCUT2D eigenvalue weighted by Gasteiger charge is -2.22. The number of halogens is 1. The van der Waals surface area contributed by atoms with E-state index in [-0.39, 0.29) is 5.54 Å². The summed E-state index contributed by atoms with van der Waals surface area (Å²) in [5.41, 5.74) is 1.17. The van der Waals surface area contributed by atoms with Gasteiger partial charge in [0, 0.05) is 28.3 Å². The van der Waals surface area contributed by atoms with Gasteiger partial charge in [-0.2, -0.15) is 0 Å². The molecule has 1 atom stereocenters. The summed E-state index contributed by atoms with van der Waals surface area (Å²) < 4.78 is 6.88. The van der Waals surface area contributed by atoms with Crippen molar-refractivity contribution in [1.82, 2.24) is 10.3 Å². The molecule has 1 aromatic heterocycles. The van der Waals surface area contributed by atoms with E-state index in [0.717, 1.165) is 29.1 Å². The van der Waals surface area contributed by atoms with E-state index >= 15 is 0 Å². The van der Waals surface area contributed by atoms with Crippen LogP contribution in [0, 0.1) is 5.92 Å². The summed E-state index contributed by atoms with van der Waals surface area (Å²) in [6, 6.07) is 2.07. The van der Waals surface area contributed by atoms with Gasteiger partial charge < -0.3 is 10.1 Å². The standard InChI is InChI=1S/C16H27BrN2O/c1-6-7-12(2)11-20-15-13(8-14(17)10-18-15)9-19-16(3,4)5/h8,10,12,19H,6-7,9,11H2,1-5H3. The van der Waals surface area contributed by atoms with Crippen molar-refractivity contribution in [3.05, 3.63) is 22.3 Å². The number of nitrogens with zero attached hydrogens (tertiary/aromatic N) is 1. The van der Waals surface area contributed by atoms with E-state index in [1.807, 2.05) is 0 Å². The molecule has 1 unspecified atom stereocenters. The average Bonchev–Trinajstić information content (AvgIpc) is 2.34. The second kappa shape index (κ2) is 7.99. The fourth-order valence-corrected chi connectivity index (χ4v) is 2.26. The number of nitrogens with one attached hydrogen (secondary N) is 1. The summed E-state index contributed by atoms with van der Waals surface area (Å²) in [5, 5.41) is 3.48. The van der Waals surface area contributed by atoms with Crippen LogP contribution in [0.1, 0.15) is 53.0 Å². The maximum Gasteiger partial charge on any atom is 0.217 e. The smallest absolute Gasteiger partial charge is 0.217 e. The highest BCUT2D eigenvalue weighted by Gasteiger charge is 2.13. The summed E-state index contributed by atoms with van der Waals surface area (Å²) in [4.78, 5) is 4.40. The van der Waals surface area contributed by atoms with Crippen LogP contribution in [0.15, 0.2) is 16.7 Å². The average molecular weight is 343 g/mol. The largest absolute Gasteiger partial charge is 0.477 e. The third-order valence-corrected chi connectivity index (χ3v) is 3.42. The van der Waals surface area contributed by atoms with Gasteiger partial charge in [0.1, 0.15) is 0 Å². The quantitative estimate of drug-likeness (QED) is 0.789. The maximum absolute atomic E-state index is 5.90. The van der Waals surface area contributed by atoms with Gasteiger partial charge in [0.25, 0.3) is 0 Å². The zero-order valence-electron chi connectivity index (χ0n) is 13.3. The molecule has 0 aliphatic heterocycles. The van der Waals surface area contributed by atoms with Crippen molar-refractivity contribution in [2.24, 2.45) is 5.92 Å². The first-order valence-electron chi connectivity index (χ1n) is 7.34. The minimum absolute atomic E-state index is 0.0785. The van der Waals surface area contributed by atoms with Crippen molar-refractivity contribution in [3.63, 3.8) is 0 Å². The highest BCUT2D eigenvalue weighted by molar-refractivity contribution is 9.10. The summed E-state index contributed by atoms with van der Waals surface area (Å²) in [6.45, 7) is 12.4. The molecule has 20 heavy (non-hydrogen) atoms. The van der Waals surface area contributed by atoms with Gasteiger partial charge in [-0.05, 0) is 55.1 Å². The summed E-state index contributed by atoms with van der Waals surface area (Å²) in [7, 11) is 0. The van der Waals surface area contributed by atoms with Crippen molar-refractivity contribution < 1.29 is 4.74 Å². The topological polar surface area (TPSA) is 34.1 Å². The fourth-order valence-electron chi connectivity index (χ4n) is 1.88. The third kappa shape index (κ3) is 6.71. The number of aromatic nitrogens is 1. The van der Waals surface area contributed by atoms with Crippen LogP contribution in [-0.2, 0) is 6.54 Å². The Balaban J connectivity index is 2.69. The Kier molecular flexibility index (Phi) is 6.96. The van der Waals surface area contributed by atoms with Crippen molar-refractivity contribution in [3.8, 4) is 5.88 Å². The molecule has 0 aliphatic carbocycles. The molecule has 1 aromatic rings. The van der Waals surface area contributed by atoms with Crippen LogP contribution >= 0.6 is 15.9 Å². The highest BCUT2D eigenvalue weighted by Crippen LogP contribution is 2.21. The van der Waals surface area contributed by atoms with Crippen LogP contribution in [0.3, 0.4) is 0 Å². The molecule has 0 saturated carbocycles. The number of rotatable bonds is 7. The normalized spacial score (nSPS) is 13.3. The molecular formula is C16H27BrN2O. The Labute approximate surface area is 131 Å². The molecule has 0 spiro atoms. The molecule has 0 radical (unpaired) electrons. The van der Waals surface area contributed by atoms with E-state index < -0.39 is 0 Å². The van der Waals surface area contributed by atoms with Gasteiger partial charge in [-0.15, -0.1) is 0 Å². The third-order valence-electron chi connectivity index (χ3n) is 2.99. The maximum atomic E-state index is 5.90. The molecular weight excluding hydrogens is 316 g/mol. The Morgan fingerprint density at radius 1 is 1.40 bits per heavy atom. The number of hydrogen-bond donors (Lipinski definition) is 1. The van der Waals surface area contributed by atoms with Crippen LogP contribution in [0.25, 0.3) is 0 Å². The Morgan fingerprint density at radius 3 is 2.70 bits per heavy atom. The van der Waals surface area contributed by atoms with Crippen molar-refractivity contribution >= 4 is 15.9 Å². The minimum atomic E-state index is 0.0785. The van der Waals surface area contributed by atoms with Crippen molar-refractivity contribution in [2.75, 3.05) is 6.61 Å². The zero-order valence-corrected chi connectivity index (χ0v) is 14.9. The summed E-state index contributed by atoms with van der Waals surface area (Å²) in [6.07, 6.45) is 4.17. The predicted octanol–water partition coefficient (Wildman–Crippen LogP) is 4.55. The predicted molar refractivity (Wildman–Crippen MR) is 88.1 cm³/mol. The van der Waals surface area contributed by atoms with Gasteiger partial charge in [0.2, 0.25) is 5.88 Å². The molecule has 0 bridgehead atoms. The van der Waals surface area contributed by atoms with Gasteiger partial charge in [-0.3, -0.25) is 0 Å². The summed E-state index contributed by atoms with van der Waals surface area (Å²) >= 11 is 3.48. The molecule has 1 N–H and O–H groups in total. The Bertz CT molecular complexity index is 415. The van der Waals surface area contributed by atoms with E-state index in [1.54, 1.807) is 6.20 Å². The van der Waals surface area contributed by atoms with Gasteiger partial charge in [-0.1, -0.05) is 20.3 Å². The molecule has 0 amide bonds.